The lowest BCUT2D eigenvalue weighted by Crippen LogP contribution is -2.19. The van der Waals surface area contributed by atoms with E-state index in [1.54, 1.807) is 6.92 Å². The summed E-state index contributed by atoms with van der Waals surface area (Å²) in [6.07, 6.45) is 0.0159. The van der Waals surface area contributed by atoms with Gasteiger partial charge in [-0.15, -0.1) is 0 Å². The molecule has 0 saturated carbocycles. The standard InChI is InChI=1S/C13H14Cl3NO4/c1-2-20-11(18)3-4-21-12(19)7-17-13-9(15)5-8(14)6-10(13)16/h5-6,17H,2-4,7H2,1H3. The van der Waals surface area contributed by atoms with Gasteiger partial charge in [0.05, 0.1) is 28.8 Å². The van der Waals surface area contributed by atoms with Gasteiger partial charge in [-0.1, -0.05) is 34.8 Å². The number of ether oxygens (including phenoxy) is 2. The van der Waals surface area contributed by atoms with E-state index >= 15 is 0 Å². The summed E-state index contributed by atoms with van der Waals surface area (Å²) in [5.41, 5.74) is 0.394. The Bertz CT molecular complexity index is 499. The SMILES string of the molecule is CCOC(=O)CCOC(=O)CNc1c(Cl)cc(Cl)cc1Cl. The lowest BCUT2D eigenvalue weighted by molar-refractivity contribution is -0.148. The van der Waals surface area contributed by atoms with Crippen LogP contribution < -0.4 is 5.32 Å². The van der Waals surface area contributed by atoms with Crippen molar-refractivity contribution in [1.82, 2.24) is 0 Å². The molecule has 0 fully saturated rings. The number of hydrogen-bond donors (Lipinski definition) is 1. The Morgan fingerprint density at radius 2 is 1.71 bits per heavy atom. The van der Waals surface area contributed by atoms with Crippen LogP contribution in [-0.4, -0.2) is 31.7 Å². The van der Waals surface area contributed by atoms with Crippen molar-refractivity contribution in [3.8, 4) is 0 Å². The van der Waals surface area contributed by atoms with Crippen molar-refractivity contribution in [1.29, 1.82) is 0 Å². The van der Waals surface area contributed by atoms with Crippen molar-refractivity contribution in [3.05, 3.63) is 27.2 Å². The monoisotopic (exact) mass is 353 g/mol. The fraction of sp³-hybridized carbons (Fsp3) is 0.385. The molecule has 116 valence electrons. The summed E-state index contributed by atoms with van der Waals surface area (Å²) in [7, 11) is 0. The zero-order valence-electron chi connectivity index (χ0n) is 11.3. The third-order valence-corrected chi connectivity index (χ3v) is 3.11. The van der Waals surface area contributed by atoms with Gasteiger partial charge in [-0.3, -0.25) is 9.59 Å². The second-order valence-corrected chi connectivity index (χ2v) is 5.12. The van der Waals surface area contributed by atoms with E-state index in [0.29, 0.717) is 27.4 Å². The fourth-order valence-electron chi connectivity index (χ4n) is 1.40. The van der Waals surface area contributed by atoms with Crippen LogP contribution in [0.3, 0.4) is 0 Å². The predicted octanol–water partition coefficient (Wildman–Crippen LogP) is 3.56. The van der Waals surface area contributed by atoms with Crippen molar-refractivity contribution in [3.63, 3.8) is 0 Å². The second-order valence-electron chi connectivity index (χ2n) is 3.87. The number of esters is 2. The Balaban J connectivity index is 2.38. The number of carbonyl (C=O) groups excluding carboxylic acids is 2. The number of hydrogen-bond acceptors (Lipinski definition) is 5. The average Bonchev–Trinajstić information content (AvgIpc) is 2.37. The maximum Gasteiger partial charge on any atom is 0.325 e. The lowest BCUT2D eigenvalue weighted by Gasteiger charge is -2.10. The second kappa shape index (κ2) is 8.97. The van der Waals surface area contributed by atoms with E-state index in [9.17, 15) is 9.59 Å². The summed E-state index contributed by atoms with van der Waals surface area (Å²) in [4.78, 5) is 22.5. The molecule has 1 rings (SSSR count). The van der Waals surface area contributed by atoms with Gasteiger partial charge >= 0.3 is 11.9 Å². The summed E-state index contributed by atoms with van der Waals surface area (Å²) in [6.45, 7) is 1.82. The molecule has 0 bridgehead atoms. The van der Waals surface area contributed by atoms with Gasteiger partial charge in [-0.2, -0.15) is 0 Å². The molecule has 0 radical (unpaired) electrons. The van der Waals surface area contributed by atoms with E-state index in [2.05, 4.69) is 5.32 Å². The maximum absolute atomic E-state index is 11.5. The van der Waals surface area contributed by atoms with Gasteiger partial charge in [-0.05, 0) is 19.1 Å². The van der Waals surface area contributed by atoms with Crippen LogP contribution in [0.1, 0.15) is 13.3 Å². The van der Waals surface area contributed by atoms with E-state index in [4.69, 9.17) is 44.3 Å². The number of anilines is 1. The van der Waals surface area contributed by atoms with Crippen LogP contribution in [0.5, 0.6) is 0 Å². The van der Waals surface area contributed by atoms with E-state index in [1.807, 2.05) is 0 Å². The van der Waals surface area contributed by atoms with Crippen LogP contribution in [0.25, 0.3) is 0 Å². The molecule has 0 unspecified atom stereocenters. The smallest absolute Gasteiger partial charge is 0.325 e. The molecule has 1 N–H and O–H groups in total. The summed E-state index contributed by atoms with van der Waals surface area (Å²) in [5.74, 6) is -0.955. The quantitative estimate of drug-likeness (QED) is 0.759. The van der Waals surface area contributed by atoms with Crippen LogP contribution in [0.4, 0.5) is 5.69 Å². The summed E-state index contributed by atoms with van der Waals surface area (Å²) in [5, 5.41) is 3.75. The van der Waals surface area contributed by atoms with Gasteiger partial charge in [0, 0.05) is 5.02 Å². The highest BCUT2D eigenvalue weighted by Crippen LogP contribution is 2.33. The molecule has 0 aromatic heterocycles. The Hall–Kier alpha value is -1.17. The Morgan fingerprint density at radius 1 is 1.10 bits per heavy atom. The van der Waals surface area contributed by atoms with Crippen LogP contribution in [0.2, 0.25) is 15.1 Å². The molecule has 5 nitrogen and oxygen atoms in total. The Morgan fingerprint density at radius 3 is 2.29 bits per heavy atom. The highest BCUT2D eigenvalue weighted by Gasteiger charge is 2.11. The summed E-state index contributed by atoms with van der Waals surface area (Å²) >= 11 is 17.7. The number of nitrogens with one attached hydrogen (secondary N) is 1. The van der Waals surface area contributed by atoms with Gasteiger partial charge in [0.1, 0.15) is 13.2 Å². The third-order valence-electron chi connectivity index (χ3n) is 2.29. The average molecular weight is 355 g/mol. The first-order valence-corrected chi connectivity index (χ1v) is 7.27. The minimum absolute atomic E-state index is 0.0159. The van der Waals surface area contributed by atoms with Crippen molar-refractivity contribution < 1.29 is 19.1 Å². The van der Waals surface area contributed by atoms with Crippen molar-refractivity contribution in [2.45, 2.75) is 13.3 Å². The van der Waals surface area contributed by atoms with Gasteiger partial charge in [-0.25, -0.2) is 0 Å². The van der Waals surface area contributed by atoms with E-state index in [1.165, 1.54) is 12.1 Å². The Kier molecular flexibility index (Phi) is 7.64. The first kappa shape index (κ1) is 17.9. The highest BCUT2D eigenvalue weighted by atomic mass is 35.5. The highest BCUT2D eigenvalue weighted by molar-refractivity contribution is 6.41. The molecule has 8 heteroatoms. The summed E-state index contributed by atoms with van der Waals surface area (Å²) in [6, 6.07) is 3.01. The predicted molar refractivity (Wildman–Crippen MR) is 82.2 cm³/mol. The molecule has 1 aromatic rings. The van der Waals surface area contributed by atoms with Gasteiger partial charge in [0.25, 0.3) is 0 Å². The van der Waals surface area contributed by atoms with Crippen molar-refractivity contribution >= 4 is 52.4 Å². The molecule has 0 spiro atoms. The fourth-order valence-corrected chi connectivity index (χ4v) is 2.35. The largest absolute Gasteiger partial charge is 0.466 e. The topological polar surface area (TPSA) is 64.6 Å². The maximum atomic E-state index is 11.5. The van der Waals surface area contributed by atoms with Crippen LogP contribution >= 0.6 is 34.8 Å². The number of benzene rings is 1. The van der Waals surface area contributed by atoms with Crippen molar-refractivity contribution in [2.75, 3.05) is 25.1 Å². The molecular weight excluding hydrogens is 341 g/mol. The van der Waals surface area contributed by atoms with Gasteiger partial charge < -0.3 is 14.8 Å². The van der Waals surface area contributed by atoms with Crippen LogP contribution in [0, 0.1) is 0 Å². The zero-order valence-corrected chi connectivity index (χ0v) is 13.5. The number of rotatable bonds is 7. The van der Waals surface area contributed by atoms with E-state index < -0.39 is 11.9 Å². The third kappa shape index (κ3) is 6.42. The molecule has 0 aliphatic carbocycles. The zero-order chi connectivity index (χ0) is 15.8. The summed E-state index contributed by atoms with van der Waals surface area (Å²) < 4.78 is 9.57. The van der Waals surface area contributed by atoms with Crippen LogP contribution in [0.15, 0.2) is 12.1 Å². The van der Waals surface area contributed by atoms with Crippen molar-refractivity contribution in [2.24, 2.45) is 0 Å². The minimum atomic E-state index is -0.540. The first-order chi connectivity index (χ1) is 9.93. The molecule has 0 aliphatic rings. The molecular formula is C13H14Cl3NO4. The minimum Gasteiger partial charge on any atom is -0.466 e. The Labute approximate surface area is 137 Å². The molecule has 1 aromatic carbocycles. The number of halogens is 3. The molecule has 0 aliphatic heterocycles. The van der Waals surface area contributed by atoms with Crippen LogP contribution in [-0.2, 0) is 19.1 Å². The van der Waals surface area contributed by atoms with Gasteiger partial charge in [0.15, 0.2) is 0 Å². The normalized spacial score (nSPS) is 10.1. The molecule has 0 saturated heterocycles. The molecule has 0 amide bonds. The molecule has 0 heterocycles. The lowest BCUT2D eigenvalue weighted by atomic mass is 10.3. The van der Waals surface area contributed by atoms with E-state index in [-0.39, 0.29) is 19.6 Å². The molecule has 21 heavy (non-hydrogen) atoms. The molecule has 0 atom stereocenters. The van der Waals surface area contributed by atoms with Gasteiger partial charge in [0.2, 0.25) is 0 Å². The van der Waals surface area contributed by atoms with E-state index in [0.717, 1.165) is 0 Å². The first-order valence-electron chi connectivity index (χ1n) is 6.13. The number of carbonyl (C=O) groups is 2.